The topological polar surface area (TPSA) is 75.5 Å². The van der Waals surface area contributed by atoms with Crippen molar-refractivity contribution in [3.8, 4) is 0 Å². The van der Waals surface area contributed by atoms with Crippen LogP contribution in [0.4, 0.5) is 5.82 Å². The monoisotopic (exact) mass is 357 g/mol. The SMILES string of the molecule is Cc1nc2c(c(NC[C@@H](c3ccc(C)o3)N3CCOCC3)n1)CCNC2. The van der Waals surface area contributed by atoms with E-state index in [4.69, 9.17) is 9.15 Å². The Bertz CT molecular complexity index is 754. The minimum absolute atomic E-state index is 0.167. The average molecular weight is 357 g/mol. The smallest absolute Gasteiger partial charge is 0.133 e. The van der Waals surface area contributed by atoms with Gasteiger partial charge in [-0.2, -0.15) is 0 Å². The van der Waals surface area contributed by atoms with E-state index in [9.17, 15) is 0 Å². The van der Waals surface area contributed by atoms with Crippen LogP contribution >= 0.6 is 0 Å². The summed E-state index contributed by atoms with van der Waals surface area (Å²) < 4.78 is 11.5. The first-order chi connectivity index (χ1) is 12.7. The lowest BCUT2D eigenvalue weighted by atomic mass is 10.1. The zero-order valence-corrected chi connectivity index (χ0v) is 15.5. The van der Waals surface area contributed by atoms with Crippen LogP contribution in [-0.4, -0.2) is 54.3 Å². The van der Waals surface area contributed by atoms with Gasteiger partial charge in [0, 0.05) is 31.7 Å². The second kappa shape index (κ2) is 7.73. The van der Waals surface area contributed by atoms with Crippen LogP contribution in [0, 0.1) is 13.8 Å². The summed E-state index contributed by atoms with van der Waals surface area (Å²) >= 11 is 0. The van der Waals surface area contributed by atoms with Crippen LogP contribution in [0.15, 0.2) is 16.5 Å². The van der Waals surface area contributed by atoms with Crippen molar-refractivity contribution < 1.29 is 9.15 Å². The molecule has 2 N–H and O–H groups in total. The molecular weight excluding hydrogens is 330 g/mol. The molecule has 0 bridgehead atoms. The Labute approximate surface area is 154 Å². The fourth-order valence-electron chi connectivity index (χ4n) is 3.75. The summed E-state index contributed by atoms with van der Waals surface area (Å²) in [5, 5.41) is 6.98. The lowest BCUT2D eigenvalue weighted by molar-refractivity contribution is 0.0143. The Morgan fingerprint density at radius 1 is 1.23 bits per heavy atom. The lowest BCUT2D eigenvalue weighted by Crippen LogP contribution is -2.41. The molecule has 0 unspecified atom stereocenters. The van der Waals surface area contributed by atoms with Crippen LogP contribution in [0.3, 0.4) is 0 Å². The van der Waals surface area contributed by atoms with E-state index >= 15 is 0 Å². The quantitative estimate of drug-likeness (QED) is 0.845. The van der Waals surface area contributed by atoms with Gasteiger partial charge in [-0.3, -0.25) is 4.90 Å². The summed E-state index contributed by atoms with van der Waals surface area (Å²) in [6.45, 7) is 9.85. The van der Waals surface area contributed by atoms with Gasteiger partial charge in [-0.05, 0) is 38.9 Å². The number of aryl methyl sites for hydroxylation is 2. The van der Waals surface area contributed by atoms with Crippen LogP contribution in [-0.2, 0) is 17.7 Å². The summed E-state index contributed by atoms with van der Waals surface area (Å²) in [5.41, 5.74) is 2.36. The summed E-state index contributed by atoms with van der Waals surface area (Å²) in [5.74, 6) is 3.72. The number of nitrogens with one attached hydrogen (secondary N) is 2. The predicted octanol–water partition coefficient (Wildman–Crippen LogP) is 1.82. The molecule has 0 aliphatic carbocycles. The summed E-state index contributed by atoms with van der Waals surface area (Å²) in [7, 11) is 0. The average Bonchev–Trinajstić information content (AvgIpc) is 3.08. The van der Waals surface area contributed by atoms with Gasteiger partial charge in [-0.1, -0.05) is 0 Å². The van der Waals surface area contributed by atoms with E-state index in [0.29, 0.717) is 0 Å². The molecule has 2 aliphatic rings. The van der Waals surface area contributed by atoms with Gasteiger partial charge in [0.05, 0.1) is 24.9 Å². The summed E-state index contributed by atoms with van der Waals surface area (Å²) in [6, 6.07) is 4.28. The number of morpholine rings is 1. The molecule has 7 nitrogen and oxygen atoms in total. The van der Waals surface area contributed by atoms with Gasteiger partial charge in [0.2, 0.25) is 0 Å². The van der Waals surface area contributed by atoms with Crippen molar-refractivity contribution in [3.63, 3.8) is 0 Å². The van der Waals surface area contributed by atoms with Crippen molar-refractivity contribution in [1.29, 1.82) is 0 Å². The molecule has 7 heteroatoms. The molecule has 0 radical (unpaired) electrons. The fourth-order valence-corrected chi connectivity index (χ4v) is 3.75. The van der Waals surface area contributed by atoms with Crippen LogP contribution in [0.2, 0.25) is 0 Å². The van der Waals surface area contributed by atoms with Crippen molar-refractivity contribution in [2.45, 2.75) is 32.9 Å². The highest BCUT2D eigenvalue weighted by molar-refractivity contribution is 5.48. The molecule has 4 rings (SSSR count). The highest BCUT2D eigenvalue weighted by Crippen LogP contribution is 2.26. The van der Waals surface area contributed by atoms with Gasteiger partial charge in [0.25, 0.3) is 0 Å². The van der Waals surface area contributed by atoms with Gasteiger partial charge in [-0.15, -0.1) is 0 Å². The normalized spacial score (nSPS) is 19.2. The third-order valence-corrected chi connectivity index (χ3v) is 5.09. The third kappa shape index (κ3) is 3.75. The fraction of sp³-hybridized carbons (Fsp3) is 0.579. The Morgan fingerprint density at radius 3 is 2.85 bits per heavy atom. The first-order valence-electron chi connectivity index (χ1n) is 9.40. The number of rotatable bonds is 5. The summed E-state index contributed by atoms with van der Waals surface area (Å²) in [6.07, 6.45) is 0.958. The number of fused-ring (bicyclic) bond motifs is 1. The number of ether oxygens (including phenoxy) is 1. The Kier molecular flexibility index (Phi) is 5.19. The van der Waals surface area contributed by atoms with Gasteiger partial charge in [0.1, 0.15) is 23.2 Å². The predicted molar refractivity (Wildman–Crippen MR) is 99.2 cm³/mol. The molecule has 0 spiro atoms. The molecule has 4 heterocycles. The Balaban J connectivity index is 1.56. The maximum atomic E-state index is 5.96. The largest absolute Gasteiger partial charge is 0.465 e. The van der Waals surface area contributed by atoms with Crippen molar-refractivity contribution in [2.75, 3.05) is 44.7 Å². The minimum Gasteiger partial charge on any atom is -0.465 e. The molecule has 0 amide bonds. The lowest BCUT2D eigenvalue weighted by Gasteiger charge is -2.33. The Hall–Kier alpha value is -1.96. The highest BCUT2D eigenvalue weighted by Gasteiger charge is 2.26. The van der Waals surface area contributed by atoms with Crippen LogP contribution < -0.4 is 10.6 Å². The van der Waals surface area contributed by atoms with E-state index in [-0.39, 0.29) is 6.04 Å². The summed E-state index contributed by atoms with van der Waals surface area (Å²) in [4.78, 5) is 11.7. The number of hydrogen-bond donors (Lipinski definition) is 2. The molecule has 0 aromatic carbocycles. The number of anilines is 1. The molecular formula is C19H27N5O2. The van der Waals surface area contributed by atoms with E-state index < -0.39 is 0 Å². The molecule has 2 aliphatic heterocycles. The molecule has 2 aromatic heterocycles. The number of furan rings is 1. The molecule has 1 fully saturated rings. The zero-order chi connectivity index (χ0) is 17.9. The number of hydrogen-bond acceptors (Lipinski definition) is 7. The van der Waals surface area contributed by atoms with Crippen molar-refractivity contribution in [2.24, 2.45) is 0 Å². The Morgan fingerprint density at radius 2 is 2.08 bits per heavy atom. The number of nitrogens with zero attached hydrogens (tertiary/aromatic N) is 3. The first-order valence-corrected chi connectivity index (χ1v) is 9.40. The maximum absolute atomic E-state index is 5.96. The van der Waals surface area contributed by atoms with Crippen LogP contribution in [0.25, 0.3) is 0 Å². The minimum atomic E-state index is 0.167. The van der Waals surface area contributed by atoms with Crippen LogP contribution in [0.5, 0.6) is 0 Å². The van der Waals surface area contributed by atoms with Gasteiger partial charge in [-0.25, -0.2) is 9.97 Å². The van der Waals surface area contributed by atoms with E-state index in [1.54, 1.807) is 0 Å². The van der Waals surface area contributed by atoms with E-state index in [1.165, 1.54) is 5.56 Å². The van der Waals surface area contributed by atoms with Crippen molar-refractivity contribution in [3.05, 3.63) is 40.7 Å². The van der Waals surface area contributed by atoms with E-state index in [2.05, 4.69) is 31.6 Å². The zero-order valence-electron chi connectivity index (χ0n) is 15.5. The molecule has 2 aromatic rings. The second-order valence-corrected chi connectivity index (χ2v) is 6.96. The first kappa shape index (κ1) is 17.5. The van der Waals surface area contributed by atoms with Gasteiger partial charge < -0.3 is 19.8 Å². The maximum Gasteiger partial charge on any atom is 0.133 e. The van der Waals surface area contributed by atoms with Crippen molar-refractivity contribution in [1.82, 2.24) is 20.2 Å². The molecule has 1 saturated heterocycles. The standard InChI is InChI=1S/C19H27N5O2/c1-13-3-4-18(26-13)17(24-7-9-25-10-8-24)12-21-19-15-5-6-20-11-16(15)22-14(2)23-19/h3-4,17,20H,5-12H2,1-2H3,(H,21,22,23)/t17-/m0/s1. The molecule has 0 saturated carbocycles. The van der Waals surface area contributed by atoms with Crippen molar-refractivity contribution >= 4 is 5.82 Å². The van der Waals surface area contributed by atoms with Gasteiger partial charge >= 0.3 is 0 Å². The second-order valence-electron chi connectivity index (χ2n) is 6.96. The van der Waals surface area contributed by atoms with Crippen LogP contribution in [0.1, 0.15) is 34.6 Å². The van der Waals surface area contributed by atoms with Gasteiger partial charge in [0.15, 0.2) is 0 Å². The van der Waals surface area contributed by atoms with E-state index in [0.717, 1.165) is 81.2 Å². The number of aromatic nitrogens is 2. The highest BCUT2D eigenvalue weighted by atomic mass is 16.5. The molecule has 1 atom stereocenters. The molecule has 26 heavy (non-hydrogen) atoms. The van der Waals surface area contributed by atoms with E-state index in [1.807, 2.05) is 19.9 Å². The molecule has 140 valence electrons. The third-order valence-electron chi connectivity index (χ3n) is 5.09.